The lowest BCUT2D eigenvalue weighted by Crippen LogP contribution is -2.30. The van der Waals surface area contributed by atoms with Gasteiger partial charge in [-0.2, -0.15) is 0 Å². The first-order valence-corrected chi connectivity index (χ1v) is 13.2. The van der Waals surface area contributed by atoms with Crippen LogP contribution in [0.3, 0.4) is 0 Å². The maximum Gasteiger partial charge on any atom is 0.216 e. The zero-order valence-corrected chi connectivity index (χ0v) is 22.9. The van der Waals surface area contributed by atoms with Crippen molar-refractivity contribution in [2.75, 3.05) is 13.1 Å². The van der Waals surface area contributed by atoms with Crippen molar-refractivity contribution in [3.05, 3.63) is 118 Å². The molecule has 4 rings (SSSR count). The van der Waals surface area contributed by atoms with Gasteiger partial charge in [-0.25, -0.2) is 4.39 Å². The number of rotatable bonds is 12. The minimum atomic E-state index is -0.411. The van der Waals surface area contributed by atoms with Gasteiger partial charge in [-0.15, -0.1) is 0 Å². The van der Waals surface area contributed by atoms with E-state index >= 15 is 0 Å². The minimum absolute atomic E-state index is 0.0689. The third-order valence-corrected chi connectivity index (χ3v) is 6.49. The highest BCUT2D eigenvalue weighted by Gasteiger charge is 2.11. The van der Waals surface area contributed by atoms with Crippen molar-refractivity contribution >= 4 is 17.5 Å². The largest absolute Gasteiger partial charge is 0.489 e. The summed E-state index contributed by atoms with van der Waals surface area (Å²) in [4.78, 5) is 11.1. The first-order valence-electron chi connectivity index (χ1n) is 12.8. The van der Waals surface area contributed by atoms with Gasteiger partial charge < -0.3 is 20.1 Å². The van der Waals surface area contributed by atoms with Crippen LogP contribution in [0.25, 0.3) is 11.1 Å². The number of hydrogen-bond acceptors (Lipinski definition) is 4. The van der Waals surface area contributed by atoms with E-state index in [0.29, 0.717) is 48.3 Å². The molecule has 0 saturated carbocycles. The predicted molar refractivity (Wildman–Crippen MR) is 154 cm³/mol. The summed E-state index contributed by atoms with van der Waals surface area (Å²) in [6.07, 6.45) is 0. The van der Waals surface area contributed by atoms with Crippen LogP contribution in [0.15, 0.2) is 84.9 Å². The van der Waals surface area contributed by atoms with Crippen LogP contribution in [-0.4, -0.2) is 19.0 Å². The van der Waals surface area contributed by atoms with Gasteiger partial charge in [0.1, 0.15) is 30.5 Å². The maximum absolute atomic E-state index is 13.8. The standard InChI is InChI=1S/C32H32ClFN2O3/c1-22-27(9-6-10-31(22)25-7-4-3-5-8-25)21-38-30-12-11-26(19-35-13-14-36-23(2)37)32(18-30)39-20-24-15-28(33)17-29(34)16-24/h3-12,15-18,35H,13-14,19-21H2,1-2H3,(H,36,37). The van der Waals surface area contributed by atoms with Crippen LogP contribution in [0.2, 0.25) is 5.02 Å². The van der Waals surface area contributed by atoms with Gasteiger partial charge in [-0.1, -0.05) is 66.2 Å². The number of halogens is 2. The van der Waals surface area contributed by atoms with E-state index in [4.69, 9.17) is 21.1 Å². The molecule has 5 nitrogen and oxygen atoms in total. The second kappa shape index (κ2) is 13.8. The summed E-state index contributed by atoms with van der Waals surface area (Å²) < 4.78 is 26.1. The van der Waals surface area contributed by atoms with Crippen molar-refractivity contribution in [2.45, 2.75) is 33.6 Å². The third kappa shape index (κ3) is 8.31. The normalized spacial score (nSPS) is 10.8. The Balaban J connectivity index is 1.48. The first kappa shape index (κ1) is 28.1. The average Bonchev–Trinajstić information content (AvgIpc) is 2.91. The third-order valence-electron chi connectivity index (χ3n) is 6.27. The minimum Gasteiger partial charge on any atom is -0.489 e. The van der Waals surface area contributed by atoms with Crippen LogP contribution in [-0.2, 0) is 24.6 Å². The predicted octanol–water partition coefficient (Wildman–Crippen LogP) is 6.84. The number of nitrogens with one attached hydrogen (secondary N) is 2. The topological polar surface area (TPSA) is 59.6 Å². The Hall–Kier alpha value is -3.87. The van der Waals surface area contributed by atoms with Crippen LogP contribution in [0.4, 0.5) is 4.39 Å². The highest BCUT2D eigenvalue weighted by Crippen LogP contribution is 2.29. The van der Waals surface area contributed by atoms with Gasteiger partial charge in [-0.05, 0) is 59.0 Å². The van der Waals surface area contributed by atoms with Gasteiger partial charge in [0.25, 0.3) is 0 Å². The highest BCUT2D eigenvalue weighted by molar-refractivity contribution is 6.30. The van der Waals surface area contributed by atoms with Crippen molar-refractivity contribution in [3.8, 4) is 22.6 Å². The number of amides is 1. The summed E-state index contributed by atoms with van der Waals surface area (Å²) in [6, 6.07) is 26.6. The molecule has 7 heteroatoms. The number of hydrogen-bond donors (Lipinski definition) is 2. The molecular weight excluding hydrogens is 515 g/mol. The summed E-state index contributed by atoms with van der Waals surface area (Å²) in [6.45, 7) is 5.80. The van der Waals surface area contributed by atoms with Gasteiger partial charge in [0.05, 0.1) is 0 Å². The summed E-state index contributed by atoms with van der Waals surface area (Å²) >= 11 is 6.02. The van der Waals surface area contributed by atoms with E-state index < -0.39 is 5.82 Å². The van der Waals surface area contributed by atoms with E-state index in [9.17, 15) is 9.18 Å². The van der Waals surface area contributed by atoms with Gasteiger partial charge in [-0.3, -0.25) is 4.79 Å². The molecule has 2 N–H and O–H groups in total. The molecule has 0 fully saturated rings. The average molecular weight is 547 g/mol. The molecule has 0 aliphatic rings. The molecule has 0 aromatic heterocycles. The molecule has 39 heavy (non-hydrogen) atoms. The summed E-state index contributed by atoms with van der Waals surface area (Å²) in [5.41, 5.74) is 6.15. The fraction of sp³-hybridized carbons (Fsp3) is 0.219. The van der Waals surface area contributed by atoms with E-state index in [2.05, 4.69) is 41.8 Å². The number of carbonyl (C=O) groups is 1. The summed E-state index contributed by atoms with van der Waals surface area (Å²) in [5.74, 6) is 0.801. The zero-order valence-electron chi connectivity index (χ0n) is 22.1. The van der Waals surface area contributed by atoms with E-state index in [1.807, 2.05) is 42.5 Å². The van der Waals surface area contributed by atoms with Crippen LogP contribution in [0.5, 0.6) is 11.5 Å². The van der Waals surface area contributed by atoms with Gasteiger partial charge >= 0.3 is 0 Å². The monoisotopic (exact) mass is 546 g/mol. The highest BCUT2D eigenvalue weighted by atomic mass is 35.5. The first-order chi connectivity index (χ1) is 18.9. The lowest BCUT2D eigenvalue weighted by Gasteiger charge is -2.16. The zero-order chi connectivity index (χ0) is 27.6. The van der Waals surface area contributed by atoms with Crippen molar-refractivity contribution in [2.24, 2.45) is 0 Å². The molecule has 0 bridgehead atoms. The molecule has 202 valence electrons. The quantitative estimate of drug-likeness (QED) is 0.191. The van der Waals surface area contributed by atoms with Gasteiger partial charge in [0, 0.05) is 43.2 Å². The Morgan fingerprint density at radius 1 is 0.872 bits per heavy atom. The Morgan fingerprint density at radius 3 is 2.46 bits per heavy atom. The molecule has 0 radical (unpaired) electrons. The molecular formula is C32H32ClFN2O3. The fourth-order valence-electron chi connectivity index (χ4n) is 4.24. The lowest BCUT2D eigenvalue weighted by atomic mass is 9.97. The molecule has 4 aromatic rings. The van der Waals surface area contributed by atoms with Crippen molar-refractivity contribution in [3.63, 3.8) is 0 Å². The van der Waals surface area contributed by atoms with Crippen molar-refractivity contribution in [1.82, 2.24) is 10.6 Å². The second-order valence-corrected chi connectivity index (χ2v) is 9.68. The summed E-state index contributed by atoms with van der Waals surface area (Å²) in [5, 5.41) is 6.39. The van der Waals surface area contributed by atoms with Crippen LogP contribution in [0.1, 0.15) is 29.2 Å². The molecule has 0 aliphatic heterocycles. The molecule has 0 saturated heterocycles. The Morgan fingerprint density at radius 2 is 1.69 bits per heavy atom. The van der Waals surface area contributed by atoms with Crippen molar-refractivity contribution in [1.29, 1.82) is 0 Å². The van der Waals surface area contributed by atoms with E-state index in [1.165, 1.54) is 35.7 Å². The van der Waals surface area contributed by atoms with Gasteiger partial charge in [0.15, 0.2) is 0 Å². The number of benzene rings is 4. The molecule has 0 aliphatic carbocycles. The molecule has 1 amide bonds. The SMILES string of the molecule is CC(=O)NCCNCc1ccc(OCc2cccc(-c3ccccc3)c2C)cc1OCc1cc(F)cc(Cl)c1. The van der Waals surface area contributed by atoms with Crippen LogP contribution in [0, 0.1) is 12.7 Å². The van der Waals surface area contributed by atoms with E-state index in [-0.39, 0.29) is 12.5 Å². The van der Waals surface area contributed by atoms with E-state index in [0.717, 1.165) is 11.1 Å². The van der Waals surface area contributed by atoms with Crippen LogP contribution < -0.4 is 20.1 Å². The molecule has 0 heterocycles. The Kier molecular flexibility index (Phi) is 9.95. The van der Waals surface area contributed by atoms with E-state index in [1.54, 1.807) is 6.07 Å². The fourth-order valence-corrected chi connectivity index (χ4v) is 4.49. The smallest absolute Gasteiger partial charge is 0.216 e. The van der Waals surface area contributed by atoms with Gasteiger partial charge in [0.2, 0.25) is 5.91 Å². The number of ether oxygens (including phenoxy) is 2. The number of carbonyl (C=O) groups excluding carboxylic acids is 1. The Bertz CT molecular complexity index is 1390. The molecule has 0 atom stereocenters. The van der Waals surface area contributed by atoms with Crippen LogP contribution >= 0.6 is 11.6 Å². The summed E-state index contributed by atoms with van der Waals surface area (Å²) in [7, 11) is 0. The Labute approximate surface area is 233 Å². The molecule has 0 spiro atoms. The van der Waals surface area contributed by atoms with Crippen molar-refractivity contribution < 1.29 is 18.7 Å². The molecule has 0 unspecified atom stereocenters. The molecule has 4 aromatic carbocycles. The lowest BCUT2D eigenvalue weighted by molar-refractivity contribution is -0.118. The second-order valence-electron chi connectivity index (χ2n) is 9.24. The maximum atomic E-state index is 13.8.